The van der Waals surface area contributed by atoms with E-state index in [0.29, 0.717) is 24.0 Å². The van der Waals surface area contributed by atoms with E-state index >= 15 is 0 Å². The molecule has 0 aliphatic rings. The first kappa shape index (κ1) is 15.2. The van der Waals surface area contributed by atoms with E-state index in [1.165, 1.54) is 5.56 Å². The summed E-state index contributed by atoms with van der Waals surface area (Å²) in [7, 11) is 1.63. The molecule has 20 heavy (non-hydrogen) atoms. The van der Waals surface area contributed by atoms with Gasteiger partial charge >= 0.3 is 0 Å². The van der Waals surface area contributed by atoms with E-state index in [0.717, 1.165) is 15.6 Å². The van der Waals surface area contributed by atoms with Crippen LogP contribution in [0, 0.1) is 6.92 Å². The molecule has 0 fully saturated rings. The van der Waals surface area contributed by atoms with Gasteiger partial charge in [0.05, 0.1) is 11.6 Å². The zero-order valence-electron chi connectivity index (χ0n) is 11.5. The molecule has 4 heteroatoms. The molecule has 0 saturated heterocycles. The third-order valence-corrected chi connectivity index (χ3v) is 3.97. The van der Waals surface area contributed by atoms with Crippen molar-refractivity contribution in [2.45, 2.75) is 19.4 Å². The Bertz CT molecular complexity index is 599. The highest BCUT2D eigenvalue weighted by Crippen LogP contribution is 2.37. The largest absolute Gasteiger partial charge is 0.493 e. The molecular weight excluding hydrogens is 340 g/mol. The van der Waals surface area contributed by atoms with E-state index in [1.807, 2.05) is 24.3 Å². The van der Waals surface area contributed by atoms with E-state index in [4.69, 9.17) is 21.1 Å². The van der Waals surface area contributed by atoms with Gasteiger partial charge in [-0.1, -0.05) is 24.3 Å². The summed E-state index contributed by atoms with van der Waals surface area (Å²) in [4.78, 5) is 0. The molecule has 2 rings (SSSR count). The van der Waals surface area contributed by atoms with Crippen LogP contribution in [0.3, 0.4) is 0 Å². The van der Waals surface area contributed by atoms with E-state index in [9.17, 15) is 0 Å². The molecule has 0 atom stereocenters. The highest BCUT2D eigenvalue weighted by Gasteiger charge is 2.12. The molecule has 0 spiro atoms. The highest BCUT2D eigenvalue weighted by atomic mass is 79.9. The summed E-state index contributed by atoms with van der Waals surface area (Å²) in [5.74, 6) is 1.82. The summed E-state index contributed by atoms with van der Waals surface area (Å²) >= 11 is 9.36. The van der Waals surface area contributed by atoms with Crippen molar-refractivity contribution in [1.29, 1.82) is 0 Å². The average Bonchev–Trinajstić information content (AvgIpc) is 2.46. The molecular formula is C16H16BrClO2. The van der Waals surface area contributed by atoms with Crippen LogP contribution in [0.15, 0.2) is 40.9 Å². The predicted molar refractivity (Wildman–Crippen MR) is 85.8 cm³/mol. The topological polar surface area (TPSA) is 18.5 Å². The summed E-state index contributed by atoms with van der Waals surface area (Å²) in [6.45, 7) is 2.57. The second kappa shape index (κ2) is 7.00. The van der Waals surface area contributed by atoms with Crippen LogP contribution in [0.2, 0.25) is 0 Å². The highest BCUT2D eigenvalue weighted by molar-refractivity contribution is 9.10. The molecule has 0 saturated carbocycles. The maximum atomic E-state index is 5.91. The normalized spacial score (nSPS) is 10.4. The molecule has 0 unspecified atom stereocenters. The number of aryl methyl sites for hydroxylation is 1. The number of alkyl halides is 1. The van der Waals surface area contributed by atoms with Gasteiger partial charge in [0.25, 0.3) is 0 Å². The molecule has 0 radical (unpaired) electrons. The van der Waals surface area contributed by atoms with Crippen molar-refractivity contribution < 1.29 is 9.47 Å². The summed E-state index contributed by atoms with van der Waals surface area (Å²) in [6, 6.07) is 12.0. The van der Waals surface area contributed by atoms with E-state index in [1.54, 1.807) is 7.11 Å². The Kier molecular flexibility index (Phi) is 5.32. The fraction of sp³-hybridized carbons (Fsp3) is 0.250. The lowest BCUT2D eigenvalue weighted by atomic mass is 10.1. The van der Waals surface area contributed by atoms with Crippen molar-refractivity contribution >= 4 is 27.5 Å². The maximum Gasteiger partial charge on any atom is 0.175 e. The number of hydrogen-bond acceptors (Lipinski definition) is 2. The Hall–Kier alpha value is -1.19. The molecule has 0 aliphatic carbocycles. The number of halogens is 2. The second-order valence-electron chi connectivity index (χ2n) is 4.46. The van der Waals surface area contributed by atoms with Crippen molar-refractivity contribution in [2.24, 2.45) is 0 Å². The summed E-state index contributed by atoms with van der Waals surface area (Å²) in [5, 5.41) is 0. The molecule has 0 aromatic heterocycles. The first-order valence-electron chi connectivity index (χ1n) is 6.25. The van der Waals surface area contributed by atoms with Crippen molar-refractivity contribution in [1.82, 2.24) is 0 Å². The number of ether oxygens (including phenoxy) is 2. The second-order valence-corrected chi connectivity index (χ2v) is 5.58. The minimum Gasteiger partial charge on any atom is -0.493 e. The van der Waals surface area contributed by atoms with Crippen LogP contribution in [0.4, 0.5) is 0 Å². The van der Waals surface area contributed by atoms with E-state index < -0.39 is 0 Å². The van der Waals surface area contributed by atoms with Gasteiger partial charge in [0.1, 0.15) is 6.61 Å². The third-order valence-electron chi connectivity index (χ3n) is 3.08. The van der Waals surface area contributed by atoms with Crippen LogP contribution in [-0.4, -0.2) is 7.11 Å². The zero-order chi connectivity index (χ0) is 14.5. The molecule has 2 aromatic rings. The molecule has 0 N–H and O–H groups in total. The van der Waals surface area contributed by atoms with Gasteiger partial charge in [-0.3, -0.25) is 0 Å². The molecule has 0 bridgehead atoms. The maximum absolute atomic E-state index is 5.91. The monoisotopic (exact) mass is 354 g/mol. The van der Waals surface area contributed by atoms with Crippen molar-refractivity contribution in [2.75, 3.05) is 7.11 Å². The van der Waals surface area contributed by atoms with Gasteiger partial charge in [0.15, 0.2) is 11.5 Å². The quantitative estimate of drug-likeness (QED) is 0.696. The fourth-order valence-corrected chi connectivity index (χ4v) is 2.67. The molecule has 2 nitrogen and oxygen atoms in total. The van der Waals surface area contributed by atoms with Crippen LogP contribution in [0.25, 0.3) is 0 Å². The van der Waals surface area contributed by atoms with Crippen LogP contribution in [0.5, 0.6) is 11.5 Å². The average molecular weight is 356 g/mol. The van der Waals surface area contributed by atoms with Gasteiger partial charge < -0.3 is 9.47 Å². The smallest absolute Gasteiger partial charge is 0.175 e. The molecule has 0 amide bonds. The summed E-state index contributed by atoms with van der Waals surface area (Å²) in [6.07, 6.45) is 0. The van der Waals surface area contributed by atoms with Gasteiger partial charge in [-0.2, -0.15) is 0 Å². The number of hydrogen-bond donors (Lipinski definition) is 0. The third kappa shape index (κ3) is 3.47. The predicted octanol–water partition coefficient (Wildman–Crippen LogP) is 5.08. The zero-order valence-corrected chi connectivity index (χ0v) is 13.8. The van der Waals surface area contributed by atoms with Crippen LogP contribution in [0.1, 0.15) is 16.7 Å². The van der Waals surface area contributed by atoms with Crippen molar-refractivity contribution in [3.8, 4) is 11.5 Å². The summed E-state index contributed by atoms with van der Waals surface area (Å²) < 4.78 is 12.1. The van der Waals surface area contributed by atoms with Crippen LogP contribution in [-0.2, 0) is 12.5 Å². The molecule has 2 aromatic carbocycles. The van der Waals surface area contributed by atoms with Gasteiger partial charge in [0, 0.05) is 5.88 Å². The first-order chi connectivity index (χ1) is 9.65. The molecule has 106 valence electrons. The Morgan fingerprint density at radius 3 is 2.60 bits per heavy atom. The minimum absolute atomic E-state index is 0.438. The van der Waals surface area contributed by atoms with Gasteiger partial charge in [0.2, 0.25) is 0 Å². The Morgan fingerprint density at radius 2 is 1.95 bits per heavy atom. The van der Waals surface area contributed by atoms with Crippen molar-refractivity contribution in [3.05, 3.63) is 57.6 Å². The Morgan fingerprint density at radius 1 is 1.20 bits per heavy atom. The standard InChI is InChI=1S/C16H16BrClO2/c1-11-5-3-4-6-13(11)10-20-16-14(17)7-12(9-18)8-15(16)19-2/h3-8H,9-10H2,1-2H3. The van der Waals surface area contributed by atoms with E-state index in [2.05, 4.69) is 35.0 Å². The summed E-state index contributed by atoms with van der Waals surface area (Å²) in [5.41, 5.74) is 3.35. The number of benzene rings is 2. The first-order valence-corrected chi connectivity index (χ1v) is 7.58. The van der Waals surface area contributed by atoms with Gasteiger partial charge in [-0.05, 0) is 51.7 Å². The Balaban J connectivity index is 2.23. The lowest BCUT2D eigenvalue weighted by molar-refractivity contribution is 0.282. The minimum atomic E-state index is 0.438. The van der Waals surface area contributed by atoms with Crippen molar-refractivity contribution in [3.63, 3.8) is 0 Å². The Labute approximate surface area is 132 Å². The number of methoxy groups -OCH3 is 1. The van der Waals surface area contributed by atoms with Gasteiger partial charge in [-0.25, -0.2) is 0 Å². The SMILES string of the molecule is COc1cc(CCl)cc(Br)c1OCc1ccccc1C. The van der Waals surface area contributed by atoms with Crippen LogP contribution < -0.4 is 9.47 Å². The molecule has 0 heterocycles. The fourth-order valence-electron chi connectivity index (χ4n) is 1.91. The molecule has 0 aliphatic heterocycles. The van der Waals surface area contributed by atoms with Crippen LogP contribution >= 0.6 is 27.5 Å². The van der Waals surface area contributed by atoms with E-state index in [-0.39, 0.29) is 0 Å². The van der Waals surface area contributed by atoms with Gasteiger partial charge in [-0.15, -0.1) is 11.6 Å². The number of rotatable bonds is 5. The lowest BCUT2D eigenvalue weighted by Gasteiger charge is -2.14. The lowest BCUT2D eigenvalue weighted by Crippen LogP contribution is -2.00.